The maximum Gasteiger partial charge on any atom is 0.249 e. The number of aromatic nitrogens is 3. The number of nitrogens with one attached hydrogen (secondary N) is 4. The van der Waals surface area contributed by atoms with E-state index in [2.05, 4.69) is 36.5 Å². The van der Waals surface area contributed by atoms with Gasteiger partial charge in [-0.1, -0.05) is 17.7 Å². The summed E-state index contributed by atoms with van der Waals surface area (Å²) in [5.74, 6) is -3.07. The average molecular weight is 560 g/mol. The Labute approximate surface area is 232 Å². The van der Waals surface area contributed by atoms with Gasteiger partial charge in [-0.05, 0) is 36.6 Å². The number of benzene rings is 1. The van der Waals surface area contributed by atoms with E-state index in [0.717, 1.165) is 25.1 Å². The monoisotopic (exact) mass is 559 g/mol. The fourth-order valence-corrected chi connectivity index (χ4v) is 4.66. The van der Waals surface area contributed by atoms with E-state index in [1.807, 2.05) is 17.3 Å². The van der Waals surface area contributed by atoms with Crippen LogP contribution in [-0.2, 0) is 5.44 Å². The summed E-state index contributed by atoms with van der Waals surface area (Å²) in [4.78, 5) is 11.5. The number of anilines is 3. The Kier molecular flexibility index (Phi) is 6.36. The van der Waals surface area contributed by atoms with Crippen LogP contribution in [0, 0.1) is 29.0 Å². The maximum atomic E-state index is 13.9. The van der Waals surface area contributed by atoms with Crippen molar-refractivity contribution in [3.8, 4) is 6.07 Å². The summed E-state index contributed by atoms with van der Waals surface area (Å²) in [6.07, 6.45) is 7.62. The number of hydrogen-bond acceptors (Lipinski definition) is 9. The molecule has 1 aliphatic heterocycles. The van der Waals surface area contributed by atoms with Crippen LogP contribution in [0.15, 0.2) is 60.8 Å². The highest BCUT2D eigenvalue weighted by molar-refractivity contribution is 6.36. The van der Waals surface area contributed by atoms with Crippen LogP contribution in [0.4, 0.5) is 30.2 Å². The predicted molar refractivity (Wildman–Crippen MR) is 143 cm³/mol. The van der Waals surface area contributed by atoms with Gasteiger partial charge in [0.15, 0.2) is 5.82 Å². The summed E-state index contributed by atoms with van der Waals surface area (Å²) in [6.45, 7) is 0. The second-order valence-corrected chi connectivity index (χ2v) is 9.76. The Hall–Kier alpha value is -4.54. The van der Waals surface area contributed by atoms with E-state index < -0.39 is 23.2 Å². The van der Waals surface area contributed by atoms with E-state index in [-0.39, 0.29) is 22.0 Å². The highest BCUT2D eigenvalue weighted by Crippen LogP contribution is 2.38. The van der Waals surface area contributed by atoms with Crippen molar-refractivity contribution >= 4 is 47.4 Å². The lowest BCUT2D eigenvalue weighted by Gasteiger charge is -2.34. The normalized spacial score (nSPS) is 16.2. The van der Waals surface area contributed by atoms with Gasteiger partial charge in [0.2, 0.25) is 11.9 Å². The third-order valence-electron chi connectivity index (χ3n) is 6.59. The topological polar surface area (TPSA) is 114 Å². The summed E-state index contributed by atoms with van der Waals surface area (Å²) in [5, 5.41) is 18.5. The molecule has 9 nitrogen and oxygen atoms in total. The van der Waals surface area contributed by atoms with Crippen molar-refractivity contribution in [2.75, 3.05) is 10.6 Å². The van der Waals surface area contributed by atoms with Crippen LogP contribution in [0.5, 0.6) is 0 Å². The molecular formula is C26H18BClF3N9. The van der Waals surface area contributed by atoms with Crippen molar-refractivity contribution in [2.45, 2.75) is 24.3 Å². The number of halogens is 4. The molecule has 40 heavy (non-hydrogen) atoms. The molecule has 3 aromatic heterocycles. The van der Waals surface area contributed by atoms with Crippen LogP contribution >= 0.6 is 11.6 Å². The first-order chi connectivity index (χ1) is 19.2. The molecule has 1 aliphatic carbocycles. The predicted octanol–water partition coefficient (Wildman–Crippen LogP) is 4.47. The first kappa shape index (κ1) is 25.7. The first-order valence-electron chi connectivity index (χ1n) is 12.1. The molecule has 4 heterocycles. The maximum absolute atomic E-state index is 13.9. The smallest absolute Gasteiger partial charge is 0.249 e. The highest BCUT2D eigenvalue weighted by Gasteiger charge is 2.38. The van der Waals surface area contributed by atoms with Crippen molar-refractivity contribution < 1.29 is 13.2 Å². The molecule has 0 spiro atoms. The third kappa shape index (κ3) is 4.72. The standard InChI is InChI=1S/C26H18BClF3N9/c27-26(14-1-4-22(30)33-10-14,21-12-40(39-38-21)17-2-3-17)37-15-5-18-23(36-16-7-20(29)25(31)35-11-16)13(8-32)9-34-24(18)19(28)6-15/h1,4-7,9-12,17,37-39H,2-3H2,(H,34,36). The Morgan fingerprint density at radius 2 is 1.90 bits per heavy atom. The minimum atomic E-state index is -1.44. The van der Waals surface area contributed by atoms with Gasteiger partial charge in [0.1, 0.15) is 13.9 Å². The molecule has 0 bridgehead atoms. The van der Waals surface area contributed by atoms with Gasteiger partial charge in [0.05, 0.1) is 44.8 Å². The zero-order valence-corrected chi connectivity index (χ0v) is 21.3. The summed E-state index contributed by atoms with van der Waals surface area (Å²) < 4.78 is 41.0. The molecule has 14 heteroatoms. The Bertz CT molecular complexity index is 1710. The molecule has 1 aromatic carbocycles. The van der Waals surface area contributed by atoms with Crippen molar-refractivity contribution in [1.29, 1.82) is 5.26 Å². The second-order valence-electron chi connectivity index (χ2n) is 9.36. The minimum Gasteiger partial charge on any atom is -0.378 e. The van der Waals surface area contributed by atoms with Crippen molar-refractivity contribution in [1.82, 2.24) is 30.9 Å². The van der Waals surface area contributed by atoms with E-state index in [1.165, 1.54) is 24.5 Å². The number of nitrogens with zero attached hydrogens (tertiary/aromatic N) is 5. The molecule has 1 unspecified atom stereocenters. The van der Waals surface area contributed by atoms with Crippen LogP contribution in [0.25, 0.3) is 10.9 Å². The highest BCUT2D eigenvalue weighted by atomic mass is 35.5. The van der Waals surface area contributed by atoms with E-state index in [0.29, 0.717) is 33.9 Å². The van der Waals surface area contributed by atoms with Crippen LogP contribution in [0.2, 0.25) is 5.02 Å². The molecule has 198 valence electrons. The number of fused-ring (bicyclic) bond motifs is 1. The number of hydrogen-bond donors (Lipinski definition) is 4. The van der Waals surface area contributed by atoms with Crippen LogP contribution in [0.3, 0.4) is 0 Å². The van der Waals surface area contributed by atoms with Gasteiger partial charge < -0.3 is 16.1 Å². The minimum absolute atomic E-state index is 0.106. The lowest BCUT2D eigenvalue weighted by Crippen LogP contribution is -2.45. The second kappa shape index (κ2) is 9.89. The van der Waals surface area contributed by atoms with Gasteiger partial charge in [-0.15, -0.1) is 5.53 Å². The molecule has 1 fully saturated rings. The van der Waals surface area contributed by atoms with Gasteiger partial charge in [-0.25, -0.2) is 14.4 Å². The van der Waals surface area contributed by atoms with E-state index in [4.69, 9.17) is 19.4 Å². The van der Waals surface area contributed by atoms with Crippen molar-refractivity contribution in [3.05, 3.63) is 94.7 Å². The fraction of sp³-hybridized carbons (Fsp3) is 0.154. The third-order valence-corrected chi connectivity index (χ3v) is 6.88. The van der Waals surface area contributed by atoms with Gasteiger partial charge in [0.25, 0.3) is 0 Å². The summed E-state index contributed by atoms with van der Waals surface area (Å²) >= 11 is 6.62. The number of hydrazine groups is 2. The SMILES string of the molecule is [B]C(Nc1cc(Cl)c2ncc(C#N)c(Nc3cnc(F)c(F)c3)c2c1)(C1=CN(C2CC2)NN1)c1ccc(F)nc1. The molecule has 6 rings (SSSR count). The molecule has 0 saturated heterocycles. The van der Waals surface area contributed by atoms with Crippen molar-refractivity contribution in [3.63, 3.8) is 0 Å². The Morgan fingerprint density at radius 3 is 2.60 bits per heavy atom. The Balaban J connectivity index is 1.45. The number of nitriles is 1. The quantitative estimate of drug-likeness (QED) is 0.192. The lowest BCUT2D eigenvalue weighted by atomic mass is 9.70. The number of rotatable bonds is 7. The Morgan fingerprint density at radius 1 is 1.07 bits per heavy atom. The molecule has 1 atom stereocenters. The van der Waals surface area contributed by atoms with Crippen LogP contribution in [-0.4, -0.2) is 33.8 Å². The molecule has 2 aliphatic rings. The summed E-state index contributed by atoms with van der Waals surface area (Å²) in [7, 11) is 6.95. The van der Waals surface area contributed by atoms with E-state index in [1.54, 1.807) is 12.1 Å². The van der Waals surface area contributed by atoms with E-state index in [9.17, 15) is 18.4 Å². The molecule has 4 N–H and O–H groups in total. The lowest BCUT2D eigenvalue weighted by molar-refractivity contribution is 0.260. The summed E-state index contributed by atoms with van der Waals surface area (Å²) in [6, 6.07) is 9.26. The average Bonchev–Trinajstić information content (AvgIpc) is 3.67. The fourth-order valence-electron chi connectivity index (χ4n) is 4.40. The first-order valence-corrected chi connectivity index (χ1v) is 12.4. The van der Waals surface area contributed by atoms with E-state index >= 15 is 0 Å². The van der Waals surface area contributed by atoms with Crippen molar-refractivity contribution in [2.24, 2.45) is 0 Å². The van der Waals surface area contributed by atoms with Gasteiger partial charge >= 0.3 is 0 Å². The largest absolute Gasteiger partial charge is 0.378 e. The zero-order valence-electron chi connectivity index (χ0n) is 20.5. The van der Waals surface area contributed by atoms with Crippen LogP contribution in [0.1, 0.15) is 24.0 Å². The van der Waals surface area contributed by atoms with Gasteiger partial charge in [-0.3, -0.25) is 9.99 Å². The van der Waals surface area contributed by atoms with Gasteiger partial charge in [-0.2, -0.15) is 14.0 Å². The molecule has 0 amide bonds. The molecule has 4 aromatic rings. The summed E-state index contributed by atoms with van der Waals surface area (Å²) in [5.41, 5.74) is 6.92. The molecule has 1 saturated carbocycles. The van der Waals surface area contributed by atoms with Gasteiger partial charge in [0, 0.05) is 41.8 Å². The van der Waals surface area contributed by atoms with Crippen LogP contribution < -0.4 is 21.6 Å². The number of pyridine rings is 3. The molecule has 2 radical (unpaired) electrons. The molecular weight excluding hydrogens is 542 g/mol. The zero-order chi connectivity index (χ0) is 28.0.